The largest absolute Gasteiger partial charge is 0.378 e. The fourth-order valence-corrected chi connectivity index (χ4v) is 4.06. The summed E-state index contributed by atoms with van der Waals surface area (Å²) in [6, 6.07) is 0.130. The minimum Gasteiger partial charge on any atom is -0.378 e. The van der Waals surface area contributed by atoms with Crippen LogP contribution in [0.5, 0.6) is 0 Å². The van der Waals surface area contributed by atoms with Gasteiger partial charge in [-0.05, 0) is 62.9 Å². The fourth-order valence-electron chi connectivity index (χ4n) is 4.06. The molecular formula is C17H31N3O2. The van der Waals surface area contributed by atoms with Crippen LogP contribution in [0.4, 0.5) is 4.79 Å². The average molecular weight is 309 g/mol. The van der Waals surface area contributed by atoms with Crippen LogP contribution in [0.2, 0.25) is 0 Å². The van der Waals surface area contributed by atoms with Crippen LogP contribution in [-0.4, -0.2) is 56.4 Å². The molecule has 0 spiro atoms. The van der Waals surface area contributed by atoms with Crippen molar-refractivity contribution in [3.05, 3.63) is 0 Å². The summed E-state index contributed by atoms with van der Waals surface area (Å²) in [6.45, 7) is 7.93. The molecule has 22 heavy (non-hydrogen) atoms. The topological polar surface area (TPSA) is 53.6 Å². The lowest BCUT2D eigenvalue weighted by atomic mass is 9.81. The first-order chi connectivity index (χ1) is 10.7. The number of rotatable bonds is 3. The van der Waals surface area contributed by atoms with Gasteiger partial charge in [-0.25, -0.2) is 4.79 Å². The molecule has 0 aromatic heterocycles. The van der Waals surface area contributed by atoms with Crippen molar-refractivity contribution in [1.82, 2.24) is 15.5 Å². The summed E-state index contributed by atoms with van der Waals surface area (Å²) in [5, 5.41) is 6.56. The van der Waals surface area contributed by atoms with Crippen molar-refractivity contribution in [2.75, 3.05) is 39.3 Å². The highest BCUT2D eigenvalue weighted by atomic mass is 16.5. The van der Waals surface area contributed by atoms with Gasteiger partial charge in [-0.3, -0.25) is 0 Å². The number of carbonyl (C=O) groups excluding carboxylic acids is 1. The second-order valence-corrected chi connectivity index (χ2v) is 7.60. The molecular weight excluding hydrogens is 278 g/mol. The molecule has 2 N–H and O–H groups in total. The highest BCUT2D eigenvalue weighted by Gasteiger charge is 2.32. The van der Waals surface area contributed by atoms with Crippen molar-refractivity contribution in [2.45, 2.75) is 51.6 Å². The normalized spacial score (nSPS) is 29.5. The Kier molecular flexibility index (Phi) is 5.24. The summed E-state index contributed by atoms with van der Waals surface area (Å²) < 4.78 is 5.80. The number of urea groups is 1. The number of ether oxygens (including phenoxy) is 1. The molecule has 0 aromatic rings. The Hall–Kier alpha value is -0.810. The molecule has 0 saturated carbocycles. The zero-order chi connectivity index (χ0) is 15.4. The molecule has 0 aromatic carbocycles. The molecule has 1 atom stereocenters. The molecule has 3 fully saturated rings. The van der Waals surface area contributed by atoms with Crippen LogP contribution < -0.4 is 10.6 Å². The van der Waals surface area contributed by atoms with Gasteiger partial charge in [0, 0.05) is 26.2 Å². The molecule has 5 nitrogen and oxygen atoms in total. The van der Waals surface area contributed by atoms with E-state index in [4.69, 9.17) is 4.74 Å². The Labute approximate surface area is 134 Å². The molecule has 126 valence electrons. The quantitative estimate of drug-likeness (QED) is 0.838. The molecule has 3 rings (SSSR count). The standard InChI is InChI=1S/C17H31N3O2/c1-17(6-8-18-9-7-17)13-19-16(21)20-10-4-14(5-11-20)15-3-2-12-22-15/h14-15,18H,2-13H2,1H3,(H,19,21). The molecule has 3 heterocycles. The lowest BCUT2D eigenvalue weighted by Gasteiger charge is -2.37. The van der Waals surface area contributed by atoms with E-state index in [1.54, 1.807) is 0 Å². The third-order valence-corrected chi connectivity index (χ3v) is 5.79. The van der Waals surface area contributed by atoms with Crippen molar-refractivity contribution in [1.29, 1.82) is 0 Å². The van der Waals surface area contributed by atoms with Crippen LogP contribution in [-0.2, 0) is 4.74 Å². The molecule has 3 saturated heterocycles. The van der Waals surface area contributed by atoms with Gasteiger partial charge in [0.15, 0.2) is 0 Å². The Morgan fingerprint density at radius 1 is 1.27 bits per heavy atom. The van der Waals surface area contributed by atoms with E-state index in [-0.39, 0.29) is 11.4 Å². The predicted molar refractivity (Wildman–Crippen MR) is 86.9 cm³/mol. The Balaban J connectivity index is 1.40. The van der Waals surface area contributed by atoms with Gasteiger partial charge in [-0.15, -0.1) is 0 Å². The molecule has 1 unspecified atom stereocenters. The van der Waals surface area contributed by atoms with Crippen molar-refractivity contribution >= 4 is 6.03 Å². The summed E-state index contributed by atoms with van der Waals surface area (Å²) in [7, 11) is 0. The maximum absolute atomic E-state index is 12.4. The SMILES string of the molecule is CC1(CNC(=O)N2CCC(C3CCCO3)CC2)CCNCC1. The maximum atomic E-state index is 12.4. The first kappa shape index (κ1) is 16.1. The van der Waals surface area contributed by atoms with E-state index in [0.29, 0.717) is 12.0 Å². The van der Waals surface area contributed by atoms with Crippen LogP contribution in [0.15, 0.2) is 0 Å². The third kappa shape index (κ3) is 3.93. The van der Waals surface area contributed by atoms with Crippen molar-refractivity contribution in [3.8, 4) is 0 Å². The van der Waals surface area contributed by atoms with E-state index in [0.717, 1.165) is 65.0 Å². The number of hydrogen-bond acceptors (Lipinski definition) is 3. The van der Waals surface area contributed by atoms with Crippen molar-refractivity contribution in [3.63, 3.8) is 0 Å². The second-order valence-electron chi connectivity index (χ2n) is 7.60. The van der Waals surface area contributed by atoms with Gasteiger partial charge in [0.1, 0.15) is 0 Å². The van der Waals surface area contributed by atoms with Crippen molar-refractivity contribution in [2.24, 2.45) is 11.3 Å². The van der Waals surface area contributed by atoms with Crippen LogP contribution in [0.1, 0.15) is 45.4 Å². The number of hydrogen-bond donors (Lipinski definition) is 2. The van der Waals surface area contributed by atoms with E-state index in [2.05, 4.69) is 17.6 Å². The van der Waals surface area contributed by atoms with E-state index < -0.39 is 0 Å². The molecule has 2 amide bonds. The second kappa shape index (κ2) is 7.18. The van der Waals surface area contributed by atoms with Crippen LogP contribution in [0.3, 0.4) is 0 Å². The summed E-state index contributed by atoms with van der Waals surface area (Å²) in [6.07, 6.45) is 7.36. The zero-order valence-corrected chi connectivity index (χ0v) is 13.9. The van der Waals surface area contributed by atoms with Crippen molar-refractivity contribution < 1.29 is 9.53 Å². The molecule has 3 aliphatic rings. The Morgan fingerprint density at radius 3 is 2.64 bits per heavy atom. The van der Waals surface area contributed by atoms with Gasteiger partial charge in [-0.2, -0.15) is 0 Å². The number of likely N-dealkylation sites (tertiary alicyclic amines) is 1. The fraction of sp³-hybridized carbons (Fsp3) is 0.941. The number of nitrogens with one attached hydrogen (secondary N) is 2. The minimum atomic E-state index is 0.130. The summed E-state index contributed by atoms with van der Waals surface area (Å²) >= 11 is 0. The lowest BCUT2D eigenvalue weighted by Crippen LogP contribution is -2.49. The van der Waals surface area contributed by atoms with Crippen LogP contribution >= 0.6 is 0 Å². The third-order valence-electron chi connectivity index (χ3n) is 5.79. The van der Waals surface area contributed by atoms with Gasteiger partial charge < -0.3 is 20.3 Å². The monoisotopic (exact) mass is 309 g/mol. The number of nitrogens with zero attached hydrogens (tertiary/aromatic N) is 1. The highest BCUT2D eigenvalue weighted by molar-refractivity contribution is 5.74. The van der Waals surface area contributed by atoms with Gasteiger partial charge >= 0.3 is 6.03 Å². The van der Waals surface area contributed by atoms with E-state index in [1.807, 2.05) is 4.90 Å². The molecule has 3 aliphatic heterocycles. The smallest absolute Gasteiger partial charge is 0.317 e. The molecule has 0 bridgehead atoms. The maximum Gasteiger partial charge on any atom is 0.317 e. The predicted octanol–water partition coefficient (Wildman–Crippen LogP) is 1.98. The molecule has 5 heteroatoms. The van der Waals surface area contributed by atoms with E-state index in [1.165, 1.54) is 12.8 Å². The van der Waals surface area contributed by atoms with Gasteiger partial charge in [0.25, 0.3) is 0 Å². The van der Waals surface area contributed by atoms with Crippen LogP contribution in [0.25, 0.3) is 0 Å². The Morgan fingerprint density at radius 2 is 2.00 bits per heavy atom. The van der Waals surface area contributed by atoms with Gasteiger partial charge in [0.05, 0.1) is 6.10 Å². The lowest BCUT2D eigenvalue weighted by molar-refractivity contribution is 0.0370. The van der Waals surface area contributed by atoms with E-state index in [9.17, 15) is 4.79 Å². The van der Waals surface area contributed by atoms with E-state index >= 15 is 0 Å². The van der Waals surface area contributed by atoms with Crippen LogP contribution in [0, 0.1) is 11.3 Å². The summed E-state index contributed by atoms with van der Waals surface area (Å²) in [5.74, 6) is 0.661. The average Bonchev–Trinajstić information content (AvgIpc) is 3.08. The van der Waals surface area contributed by atoms with Gasteiger partial charge in [0.2, 0.25) is 0 Å². The Bertz CT molecular complexity index is 368. The minimum absolute atomic E-state index is 0.130. The number of carbonyl (C=O) groups is 1. The molecule has 0 aliphatic carbocycles. The first-order valence-electron chi connectivity index (χ1n) is 9.01. The summed E-state index contributed by atoms with van der Waals surface area (Å²) in [5.41, 5.74) is 0.261. The number of piperidine rings is 2. The van der Waals surface area contributed by atoms with Gasteiger partial charge in [-0.1, -0.05) is 6.92 Å². The number of amides is 2. The summed E-state index contributed by atoms with van der Waals surface area (Å²) in [4.78, 5) is 14.4. The molecule has 0 radical (unpaired) electrons. The highest BCUT2D eigenvalue weighted by Crippen LogP contribution is 2.29. The first-order valence-corrected chi connectivity index (χ1v) is 9.01. The zero-order valence-electron chi connectivity index (χ0n) is 13.9.